The minimum atomic E-state index is -0.540. The molecule has 0 bridgehead atoms. The molecule has 0 atom stereocenters. The van der Waals surface area contributed by atoms with Gasteiger partial charge in [0.05, 0.1) is 37.9 Å². The lowest BCUT2D eigenvalue weighted by molar-refractivity contribution is -0.120. The lowest BCUT2D eigenvalue weighted by Gasteiger charge is -2.26. The van der Waals surface area contributed by atoms with Gasteiger partial charge in [-0.25, -0.2) is 0 Å². The number of hydrogen-bond donors (Lipinski definition) is 2. The number of nitrogens with one attached hydrogen (secondary N) is 2. The molecule has 0 radical (unpaired) electrons. The van der Waals surface area contributed by atoms with E-state index in [1.807, 2.05) is 0 Å². The summed E-state index contributed by atoms with van der Waals surface area (Å²) in [6.07, 6.45) is 0. The second-order valence-electron chi connectivity index (χ2n) is 7.80. The quantitative estimate of drug-likeness (QED) is 0.500. The van der Waals surface area contributed by atoms with Crippen LogP contribution in [-0.2, 0) is 9.53 Å². The van der Waals surface area contributed by atoms with Crippen molar-refractivity contribution in [2.24, 2.45) is 0 Å². The maximum absolute atomic E-state index is 13.0. The van der Waals surface area contributed by atoms with Crippen LogP contribution in [0.2, 0.25) is 0 Å². The summed E-state index contributed by atoms with van der Waals surface area (Å²) >= 11 is 0. The molecule has 10 heteroatoms. The SMILES string of the molecule is COc1ccc(-n2nc(C(=O)NCC(=O)NCCN3CCOCC3)c3ccccc3c2=O)cc1. The third kappa shape index (κ3) is 5.41. The van der Waals surface area contributed by atoms with E-state index in [0.717, 1.165) is 19.6 Å². The van der Waals surface area contributed by atoms with Crippen LogP contribution >= 0.6 is 0 Å². The number of nitrogens with zero attached hydrogens (tertiary/aromatic N) is 3. The van der Waals surface area contributed by atoms with Gasteiger partial charge in [0.15, 0.2) is 5.69 Å². The summed E-state index contributed by atoms with van der Waals surface area (Å²) in [6, 6.07) is 13.6. The molecule has 0 unspecified atom stereocenters. The summed E-state index contributed by atoms with van der Waals surface area (Å²) in [5.41, 5.74) is 0.205. The van der Waals surface area contributed by atoms with Gasteiger partial charge in [-0.1, -0.05) is 18.2 Å². The Balaban J connectivity index is 1.47. The lowest BCUT2D eigenvalue weighted by Crippen LogP contribution is -2.43. The van der Waals surface area contributed by atoms with Gasteiger partial charge in [-0.05, 0) is 30.3 Å². The number of morpholine rings is 1. The minimum Gasteiger partial charge on any atom is -0.497 e. The number of aromatic nitrogens is 2. The van der Waals surface area contributed by atoms with Gasteiger partial charge >= 0.3 is 0 Å². The summed E-state index contributed by atoms with van der Waals surface area (Å²) < 4.78 is 11.7. The average molecular weight is 466 g/mol. The van der Waals surface area contributed by atoms with Gasteiger partial charge in [-0.3, -0.25) is 19.3 Å². The van der Waals surface area contributed by atoms with E-state index in [0.29, 0.717) is 42.0 Å². The molecule has 2 N–H and O–H groups in total. The Bertz CT molecular complexity index is 1220. The molecule has 1 aliphatic heterocycles. The molecule has 2 aromatic carbocycles. The molecule has 34 heavy (non-hydrogen) atoms. The number of methoxy groups -OCH3 is 1. The Hall–Kier alpha value is -3.76. The molecule has 2 heterocycles. The van der Waals surface area contributed by atoms with Gasteiger partial charge in [0.25, 0.3) is 11.5 Å². The zero-order valence-corrected chi connectivity index (χ0v) is 19.0. The van der Waals surface area contributed by atoms with Gasteiger partial charge in [-0.2, -0.15) is 9.78 Å². The van der Waals surface area contributed by atoms with Crippen LogP contribution in [0.15, 0.2) is 53.3 Å². The molecular weight excluding hydrogens is 438 g/mol. The van der Waals surface area contributed by atoms with E-state index in [-0.39, 0.29) is 23.7 Å². The van der Waals surface area contributed by atoms with Gasteiger partial charge in [0.2, 0.25) is 5.91 Å². The summed E-state index contributed by atoms with van der Waals surface area (Å²) in [5.74, 6) is -0.202. The number of benzene rings is 2. The molecule has 1 aliphatic rings. The van der Waals surface area contributed by atoms with E-state index in [4.69, 9.17) is 9.47 Å². The zero-order valence-electron chi connectivity index (χ0n) is 19.0. The zero-order chi connectivity index (χ0) is 23.9. The second kappa shape index (κ2) is 10.9. The molecule has 178 valence electrons. The second-order valence-corrected chi connectivity index (χ2v) is 7.80. The van der Waals surface area contributed by atoms with Crippen molar-refractivity contribution in [2.75, 3.05) is 53.0 Å². The highest BCUT2D eigenvalue weighted by atomic mass is 16.5. The van der Waals surface area contributed by atoms with Gasteiger partial charge < -0.3 is 20.1 Å². The fourth-order valence-electron chi connectivity index (χ4n) is 3.74. The number of carbonyl (C=O) groups excluding carboxylic acids is 2. The van der Waals surface area contributed by atoms with Crippen LogP contribution in [0.4, 0.5) is 0 Å². The first-order chi connectivity index (χ1) is 16.6. The van der Waals surface area contributed by atoms with E-state index in [1.165, 1.54) is 4.68 Å². The smallest absolute Gasteiger partial charge is 0.279 e. The summed E-state index contributed by atoms with van der Waals surface area (Å²) in [5, 5.41) is 10.5. The highest BCUT2D eigenvalue weighted by Crippen LogP contribution is 2.17. The number of hydrogen-bond acceptors (Lipinski definition) is 7. The van der Waals surface area contributed by atoms with Crippen LogP contribution < -0.4 is 20.9 Å². The summed E-state index contributed by atoms with van der Waals surface area (Å²) in [4.78, 5) is 40.4. The van der Waals surface area contributed by atoms with Gasteiger partial charge in [-0.15, -0.1) is 0 Å². The minimum absolute atomic E-state index is 0.0622. The first-order valence-electron chi connectivity index (χ1n) is 11.1. The summed E-state index contributed by atoms with van der Waals surface area (Å²) in [6.45, 7) is 4.09. The van der Waals surface area contributed by atoms with Gasteiger partial charge in [0, 0.05) is 31.6 Å². The first kappa shape index (κ1) is 23.4. The Labute approximate surface area is 196 Å². The molecule has 2 amide bonds. The molecular formula is C24H27N5O5. The highest BCUT2D eigenvalue weighted by Gasteiger charge is 2.18. The number of rotatable bonds is 8. The predicted molar refractivity (Wildman–Crippen MR) is 126 cm³/mol. The third-order valence-corrected chi connectivity index (χ3v) is 5.60. The van der Waals surface area contributed by atoms with Crippen molar-refractivity contribution in [1.29, 1.82) is 0 Å². The average Bonchev–Trinajstić information content (AvgIpc) is 2.88. The number of carbonyl (C=O) groups is 2. The standard InChI is InChI=1S/C24H27N5O5/c1-33-18-8-6-17(7-9-18)29-24(32)20-5-3-2-4-19(20)22(27-29)23(31)26-16-21(30)25-10-11-28-12-14-34-15-13-28/h2-9H,10-16H2,1H3,(H,25,30)(H,26,31). The van der Waals surface area contributed by atoms with Crippen molar-refractivity contribution in [3.05, 3.63) is 64.6 Å². The maximum atomic E-state index is 13.0. The molecule has 4 rings (SSSR count). The van der Waals surface area contributed by atoms with Crippen molar-refractivity contribution in [3.8, 4) is 11.4 Å². The molecule has 3 aromatic rings. The van der Waals surface area contributed by atoms with E-state index in [1.54, 1.807) is 55.6 Å². The number of fused-ring (bicyclic) bond motifs is 1. The Morgan fingerprint density at radius 2 is 1.74 bits per heavy atom. The van der Waals surface area contributed by atoms with Crippen LogP contribution in [-0.4, -0.2) is 79.5 Å². The van der Waals surface area contributed by atoms with Crippen LogP contribution in [0, 0.1) is 0 Å². The van der Waals surface area contributed by atoms with Crippen LogP contribution in [0.1, 0.15) is 10.5 Å². The lowest BCUT2D eigenvalue weighted by atomic mass is 10.1. The van der Waals surface area contributed by atoms with E-state index < -0.39 is 5.91 Å². The van der Waals surface area contributed by atoms with Crippen molar-refractivity contribution >= 4 is 22.6 Å². The molecule has 0 spiro atoms. The van der Waals surface area contributed by atoms with E-state index in [9.17, 15) is 14.4 Å². The maximum Gasteiger partial charge on any atom is 0.279 e. The Morgan fingerprint density at radius 3 is 2.44 bits per heavy atom. The molecule has 10 nitrogen and oxygen atoms in total. The van der Waals surface area contributed by atoms with Crippen LogP contribution in [0.3, 0.4) is 0 Å². The van der Waals surface area contributed by atoms with Crippen molar-refractivity contribution in [3.63, 3.8) is 0 Å². The van der Waals surface area contributed by atoms with Gasteiger partial charge in [0.1, 0.15) is 5.75 Å². The molecule has 0 saturated carbocycles. The van der Waals surface area contributed by atoms with E-state index >= 15 is 0 Å². The summed E-state index contributed by atoms with van der Waals surface area (Å²) in [7, 11) is 1.55. The topological polar surface area (TPSA) is 115 Å². The third-order valence-electron chi connectivity index (χ3n) is 5.60. The van der Waals surface area contributed by atoms with Crippen molar-refractivity contribution in [2.45, 2.75) is 0 Å². The highest BCUT2D eigenvalue weighted by molar-refractivity contribution is 6.05. The number of amides is 2. The molecule has 1 fully saturated rings. The van der Waals surface area contributed by atoms with Crippen molar-refractivity contribution < 1.29 is 19.1 Å². The molecule has 0 aliphatic carbocycles. The molecule has 1 saturated heterocycles. The first-order valence-corrected chi connectivity index (χ1v) is 11.1. The van der Waals surface area contributed by atoms with Crippen LogP contribution in [0.25, 0.3) is 16.5 Å². The Kier molecular flexibility index (Phi) is 7.51. The fraction of sp³-hybridized carbons (Fsp3) is 0.333. The largest absolute Gasteiger partial charge is 0.497 e. The predicted octanol–water partition coefficient (Wildman–Crippen LogP) is 0.573. The molecule has 1 aromatic heterocycles. The van der Waals surface area contributed by atoms with Crippen LogP contribution in [0.5, 0.6) is 5.75 Å². The normalized spacial score (nSPS) is 14.0. The fourth-order valence-corrected chi connectivity index (χ4v) is 3.74. The van der Waals surface area contributed by atoms with Crippen molar-refractivity contribution in [1.82, 2.24) is 25.3 Å². The monoisotopic (exact) mass is 465 g/mol. The van der Waals surface area contributed by atoms with E-state index in [2.05, 4.69) is 20.6 Å². The Morgan fingerprint density at radius 1 is 1.03 bits per heavy atom. The number of ether oxygens (including phenoxy) is 2.